The quantitative estimate of drug-likeness (QED) is 0.399. The SMILES string of the molecule is O=C(O)c1ccc(/C(F)=C/C(c2cc(Br)cc(Br)c2)C(F)(F)F)cc1C(F)(F)F. The van der Waals surface area contributed by atoms with Gasteiger partial charge in [0.2, 0.25) is 0 Å². The average Bonchev–Trinajstić information content (AvgIpc) is 2.56. The van der Waals surface area contributed by atoms with Gasteiger partial charge in [-0.05, 0) is 42.0 Å². The molecule has 29 heavy (non-hydrogen) atoms. The molecule has 0 spiro atoms. The molecule has 0 radical (unpaired) electrons. The normalized spacial score (nSPS) is 14.0. The van der Waals surface area contributed by atoms with Crippen LogP contribution in [0, 0.1) is 0 Å². The third-order valence-corrected chi connectivity index (χ3v) is 4.66. The van der Waals surface area contributed by atoms with E-state index >= 15 is 0 Å². The molecule has 0 aliphatic heterocycles. The number of alkyl halides is 6. The Hall–Kier alpha value is -1.88. The molecule has 0 bridgehead atoms. The van der Waals surface area contributed by atoms with Crippen LogP contribution in [0.2, 0.25) is 0 Å². The van der Waals surface area contributed by atoms with E-state index in [4.69, 9.17) is 5.11 Å². The summed E-state index contributed by atoms with van der Waals surface area (Å²) in [5, 5.41) is 8.85. The van der Waals surface area contributed by atoms with Gasteiger partial charge in [0.25, 0.3) is 0 Å². The van der Waals surface area contributed by atoms with Gasteiger partial charge < -0.3 is 5.11 Å². The molecule has 2 aromatic rings. The van der Waals surface area contributed by atoms with E-state index in [2.05, 4.69) is 31.9 Å². The van der Waals surface area contributed by atoms with E-state index in [9.17, 15) is 35.5 Å². The zero-order chi connectivity index (χ0) is 22.1. The number of allylic oxidation sites excluding steroid dienone is 1. The highest BCUT2D eigenvalue weighted by Crippen LogP contribution is 2.41. The molecule has 2 rings (SSSR count). The van der Waals surface area contributed by atoms with Crippen molar-refractivity contribution in [2.45, 2.75) is 18.3 Å². The Morgan fingerprint density at radius 2 is 1.52 bits per heavy atom. The van der Waals surface area contributed by atoms with Crippen molar-refractivity contribution in [3.63, 3.8) is 0 Å². The van der Waals surface area contributed by atoms with Crippen LogP contribution in [-0.4, -0.2) is 17.3 Å². The standard InChI is InChI=1S/C18H9Br2F7O2/c19-10-3-9(4-11(20)6-10)13(17(22,23)24)7-15(21)8-1-2-12(16(28)29)14(5-8)18(25,26)27/h1-7,13H,(H,28,29)/b15-7-. The van der Waals surface area contributed by atoms with Crippen LogP contribution in [0.3, 0.4) is 0 Å². The summed E-state index contributed by atoms with van der Waals surface area (Å²) < 4.78 is 94.7. The van der Waals surface area contributed by atoms with Gasteiger partial charge in [-0.25, -0.2) is 9.18 Å². The second kappa shape index (κ2) is 8.47. The largest absolute Gasteiger partial charge is 0.478 e. The van der Waals surface area contributed by atoms with Gasteiger partial charge in [-0.1, -0.05) is 37.9 Å². The van der Waals surface area contributed by atoms with Gasteiger partial charge >= 0.3 is 18.3 Å². The minimum Gasteiger partial charge on any atom is -0.478 e. The molecule has 0 fully saturated rings. The van der Waals surface area contributed by atoms with Crippen LogP contribution < -0.4 is 0 Å². The van der Waals surface area contributed by atoms with Crippen LogP contribution in [0.1, 0.15) is 33.0 Å². The first-order valence-corrected chi connectivity index (χ1v) is 9.13. The van der Waals surface area contributed by atoms with Crippen LogP contribution in [0.4, 0.5) is 30.7 Å². The van der Waals surface area contributed by atoms with E-state index in [-0.39, 0.29) is 26.7 Å². The molecule has 0 aliphatic rings. The molecule has 2 nitrogen and oxygen atoms in total. The van der Waals surface area contributed by atoms with Crippen molar-refractivity contribution in [2.75, 3.05) is 0 Å². The summed E-state index contributed by atoms with van der Waals surface area (Å²) in [5.74, 6) is -5.93. The molecule has 11 heteroatoms. The summed E-state index contributed by atoms with van der Waals surface area (Å²) in [6, 6.07) is 4.99. The highest BCUT2D eigenvalue weighted by atomic mass is 79.9. The number of aromatic carboxylic acids is 1. The van der Waals surface area contributed by atoms with E-state index in [0.29, 0.717) is 12.1 Å². The zero-order valence-electron chi connectivity index (χ0n) is 13.9. The highest BCUT2D eigenvalue weighted by Gasteiger charge is 2.40. The minimum absolute atomic E-state index is 0.143. The number of carboxylic acids is 1. The number of hydrogen-bond donors (Lipinski definition) is 1. The van der Waals surface area contributed by atoms with Crippen molar-refractivity contribution in [2.24, 2.45) is 0 Å². The molecule has 0 aromatic heterocycles. The van der Waals surface area contributed by atoms with Crippen molar-refractivity contribution in [3.05, 3.63) is 73.7 Å². The predicted octanol–water partition coefficient (Wildman–Crippen LogP) is 7.59. The summed E-state index contributed by atoms with van der Waals surface area (Å²) in [6.07, 6.45) is -9.93. The summed E-state index contributed by atoms with van der Waals surface area (Å²) in [5.41, 5.74) is -3.99. The lowest BCUT2D eigenvalue weighted by atomic mass is 9.95. The smallest absolute Gasteiger partial charge is 0.417 e. The molecule has 0 saturated carbocycles. The Kier molecular flexibility index (Phi) is 6.83. The lowest BCUT2D eigenvalue weighted by Gasteiger charge is -2.19. The molecule has 1 atom stereocenters. The van der Waals surface area contributed by atoms with Gasteiger partial charge in [0, 0.05) is 14.5 Å². The van der Waals surface area contributed by atoms with Gasteiger partial charge in [-0.15, -0.1) is 0 Å². The third kappa shape index (κ3) is 5.81. The van der Waals surface area contributed by atoms with Crippen molar-refractivity contribution >= 4 is 43.7 Å². The first-order chi connectivity index (χ1) is 13.2. The second-order valence-corrected chi connectivity index (χ2v) is 7.63. The Bertz CT molecular complexity index is 945. The molecule has 0 amide bonds. The molecule has 2 aromatic carbocycles. The van der Waals surface area contributed by atoms with Crippen molar-refractivity contribution < 1.29 is 40.6 Å². The Morgan fingerprint density at radius 3 is 1.97 bits per heavy atom. The number of carboxylic acid groups (broad SMARTS) is 1. The monoisotopic (exact) mass is 548 g/mol. The fourth-order valence-electron chi connectivity index (χ4n) is 2.49. The van der Waals surface area contributed by atoms with Crippen LogP contribution in [-0.2, 0) is 6.18 Å². The van der Waals surface area contributed by atoms with Crippen LogP contribution >= 0.6 is 31.9 Å². The van der Waals surface area contributed by atoms with Gasteiger partial charge in [-0.3, -0.25) is 0 Å². The van der Waals surface area contributed by atoms with E-state index in [0.717, 1.165) is 12.1 Å². The molecular formula is C18H9Br2F7O2. The molecule has 0 heterocycles. The fourth-order valence-corrected chi connectivity index (χ4v) is 3.82. The van der Waals surface area contributed by atoms with E-state index in [1.165, 1.54) is 6.07 Å². The lowest BCUT2D eigenvalue weighted by Crippen LogP contribution is -2.19. The minimum atomic E-state index is -5.14. The number of carbonyl (C=O) groups is 1. The number of hydrogen-bond acceptors (Lipinski definition) is 1. The fraction of sp³-hybridized carbons (Fsp3) is 0.167. The average molecular weight is 550 g/mol. The molecule has 1 N–H and O–H groups in total. The lowest BCUT2D eigenvalue weighted by molar-refractivity contribution is -0.140. The number of benzene rings is 2. The van der Waals surface area contributed by atoms with Crippen molar-refractivity contribution in [1.29, 1.82) is 0 Å². The summed E-state index contributed by atoms with van der Waals surface area (Å²) in [7, 11) is 0. The predicted molar refractivity (Wildman–Crippen MR) is 98.1 cm³/mol. The van der Waals surface area contributed by atoms with E-state index in [1.54, 1.807) is 0 Å². The molecule has 0 aliphatic carbocycles. The van der Waals surface area contributed by atoms with E-state index in [1.807, 2.05) is 0 Å². The first-order valence-electron chi connectivity index (χ1n) is 7.55. The number of rotatable bonds is 4. The highest BCUT2D eigenvalue weighted by molar-refractivity contribution is 9.11. The molecule has 1 unspecified atom stereocenters. The van der Waals surface area contributed by atoms with Crippen LogP contribution in [0.25, 0.3) is 5.83 Å². The van der Waals surface area contributed by atoms with E-state index < -0.39 is 46.8 Å². The molecular weight excluding hydrogens is 541 g/mol. The van der Waals surface area contributed by atoms with Crippen molar-refractivity contribution in [1.82, 2.24) is 0 Å². The summed E-state index contributed by atoms with van der Waals surface area (Å²) in [6.45, 7) is 0. The van der Waals surface area contributed by atoms with Gasteiger partial charge in [-0.2, -0.15) is 26.3 Å². The maximum absolute atomic E-state index is 14.5. The summed E-state index contributed by atoms with van der Waals surface area (Å²) >= 11 is 6.04. The molecule has 0 saturated heterocycles. The van der Waals surface area contributed by atoms with Crippen LogP contribution in [0.5, 0.6) is 0 Å². The summed E-state index contributed by atoms with van der Waals surface area (Å²) in [4.78, 5) is 10.9. The van der Waals surface area contributed by atoms with Crippen LogP contribution in [0.15, 0.2) is 51.4 Å². The van der Waals surface area contributed by atoms with Crippen molar-refractivity contribution in [3.8, 4) is 0 Å². The van der Waals surface area contributed by atoms with Gasteiger partial charge in [0.05, 0.1) is 11.1 Å². The zero-order valence-corrected chi connectivity index (χ0v) is 17.0. The van der Waals surface area contributed by atoms with Gasteiger partial charge in [0.15, 0.2) is 0 Å². The third-order valence-electron chi connectivity index (χ3n) is 3.74. The Balaban J connectivity index is 2.60. The van der Waals surface area contributed by atoms with Gasteiger partial charge in [0.1, 0.15) is 11.7 Å². The maximum atomic E-state index is 14.5. The maximum Gasteiger partial charge on any atom is 0.417 e. The topological polar surface area (TPSA) is 37.3 Å². The Labute approximate surface area is 176 Å². The number of halogens is 9. The first kappa shape index (κ1) is 23.4. The Morgan fingerprint density at radius 1 is 0.966 bits per heavy atom. The second-order valence-electron chi connectivity index (χ2n) is 5.80. The molecule has 156 valence electrons.